The quantitative estimate of drug-likeness (QED) is 0.734. The van der Waals surface area contributed by atoms with E-state index >= 15 is 0 Å². The topological polar surface area (TPSA) is 12.0 Å². The number of halogens is 1. The number of unbranched alkanes of at least 4 members (excludes halogenated alkanes) is 2. The van der Waals surface area contributed by atoms with Gasteiger partial charge in [-0.1, -0.05) is 6.42 Å². The fourth-order valence-electron chi connectivity index (χ4n) is 1.81. The van der Waals surface area contributed by atoms with Gasteiger partial charge < -0.3 is 5.32 Å². The first-order valence-corrected chi connectivity index (χ1v) is 7.99. The first kappa shape index (κ1) is 15.2. The van der Waals surface area contributed by atoms with Gasteiger partial charge in [-0.05, 0) is 81.1 Å². The summed E-state index contributed by atoms with van der Waals surface area (Å²) < 4.78 is 1.26. The fraction of sp³-hybridized carbons (Fsp3) is 0.714. The number of aryl methyl sites for hydroxylation is 2. The van der Waals surface area contributed by atoms with Gasteiger partial charge in [0.15, 0.2) is 0 Å². The highest BCUT2D eigenvalue weighted by molar-refractivity contribution is 9.11. The molecule has 0 saturated carbocycles. The second-order valence-electron chi connectivity index (χ2n) is 5.62. The third-order valence-corrected chi connectivity index (χ3v) is 4.36. The molecule has 0 aliphatic carbocycles. The Bertz CT molecular complexity index is 338. The Hall–Kier alpha value is 0.140. The molecule has 0 atom stereocenters. The SMILES string of the molecule is Cc1sc(Br)cc1CCCCCNC(C)(C)C. The predicted molar refractivity (Wildman–Crippen MR) is 82.1 cm³/mol. The number of thiophene rings is 1. The maximum atomic E-state index is 3.55. The van der Waals surface area contributed by atoms with Gasteiger partial charge in [-0.25, -0.2) is 0 Å². The first-order valence-electron chi connectivity index (χ1n) is 6.38. The summed E-state index contributed by atoms with van der Waals surface area (Å²) in [6.07, 6.45) is 5.12. The van der Waals surface area contributed by atoms with Crippen LogP contribution in [-0.4, -0.2) is 12.1 Å². The molecule has 0 bridgehead atoms. The van der Waals surface area contributed by atoms with E-state index in [1.165, 1.54) is 39.9 Å². The van der Waals surface area contributed by atoms with E-state index in [9.17, 15) is 0 Å². The van der Waals surface area contributed by atoms with Crippen LogP contribution in [0.1, 0.15) is 50.5 Å². The first-order chi connectivity index (χ1) is 7.88. The molecule has 1 aromatic heterocycles. The summed E-state index contributed by atoms with van der Waals surface area (Å²) in [6.45, 7) is 10.0. The molecule has 3 heteroatoms. The van der Waals surface area contributed by atoms with E-state index in [1.54, 1.807) is 0 Å². The van der Waals surface area contributed by atoms with Crippen molar-refractivity contribution in [2.24, 2.45) is 0 Å². The van der Waals surface area contributed by atoms with Crippen LogP contribution in [0.25, 0.3) is 0 Å². The maximum Gasteiger partial charge on any atom is 0.0704 e. The van der Waals surface area contributed by atoms with Gasteiger partial charge in [0.2, 0.25) is 0 Å². The summed E-state index contributed by atoms with van der Waals surface area (Å²) in [5.74, 6) is 0. The van der Waals surface area contributed by atoms with E-state index in [0.717, 1.165) is 6.54 Å². The normalized spacial score (nSPS) is 12.1. The monoisotopic (exact) mass is 317 g/mol. The number of hydrogen-bond donors (Lipinski definition) is 1. The van der Waals surface area contributed by atoms with Crippen molar-refractivity contribution in [2.45, 2.75) is 58.9 Å². The van der Waals surface area contributed by atoms with Crippen LogP contribution in [0, 0.1) is 6.92 Å². The lowest BCUT2D eigenvalue weighted by atomic mass is 10.1. The Morgan fingerprint density at radius 3 is 2.47 bits per heavy atom. The highest BCUT2D eigenvalue weighted by Crippen LogP contribution is 2.27. The molecule has 0 aromatic carbocycles. The van der Waals surface area contributed by atoms with Crippen molar-refractivity contribution < 1.29 is 0 Å². The summed E-state index contributed by atoms with van der Waals surface area (Å²) in [5, 5.41) is 3.53. The zero-order valence-electron chi connectivity index (χ0n) is 11.4. The fourth-order valence-corrected chi connectivity index (χ4v) is 3.60. The summed E-state index contributed by atoms with van der Waals surface area (Å²) in [7, 11) is 0. The Morgan fingerprint density at radius 2 is 1.94 bits per heavy atom. The Labute approximate surface area is 118 Å². The molecule has 0 aliphatic heterocycles. The summed E-state index contributed by atoms with van der Waals surface area (Å²) in [4.78, 5) is 1.46. The Kier molecular flexibility index (Phi) is 6.18. The second kappa shape index (κ2) is 6.91. The molecule has 0 saturated heterocycles. The lowest BCUT2D eigenvalue weighted by Gasteiger charge is -2.20. The van der Waals surface area contributed by atoms with Gasteiger partial charge in [0.1, 0.15) is 0 Å². The van der Waals surface area contributed by atoms with Crippen molar-refractivity contribution in [1.29, 1.82) is 0 Å². The smallest absolute Gasteiger partial charge is 0.0704 e. The van der Waals surface area contributed by atoms with Gasteiger partial charge >= 0.3 is 0 Å². The van der Waals surface area contributed by atoms with Crippen LogP contribution in [0.3, 0.4) is 0 Å². The molecule has 0 unspecified atom stereocenters. The van der Waals surface area contributed by atoms with Crippen molar-refractivity contribution in [1.82, 2.24) is 5.32 Å². The molecular formula is C14H24BrNS. The van der Waals surface area contributed by atoms with Gasteiger partial charge in [0.25, 0.3) is 0 Å². The third kappa shape index (κ3) is 6.58. The Morgan fingerprint density at radius 1 is 1.24 bits per heavy atom. The zero-order chi connectivity index (χ0) is 12.9. The summed E-state index contributed by atoms with van der Waals surface area (Å²) in [5.41, 5.74) is 1.78. The molecule has 0 fully saturated rings. The average molecular weight is 318 g/mol. The summed E-state index contributed by atoms with van der Waals surface area (Å²) in [6, 6.07) is 2.27. The van der Waals surface area contributed by atoms with Gasteiger partial charge in [-0.15, -0.1) is 11.3 Å². The van der Waals surface area contributed by atoms with Crippen molar-refractivity contribution in [3.63, 3.8) is 0 Å². The molecule has 1 N–H and O–H groups in total. The van der Waals surface area contributed by atoms with E-state index in [4.69, 9.17) is 0 Å². The van der Waals surface area contributed by atoms with Crippen molar-refractivity contribution in [2.75, 3.05) is 6.54 Å². The van der Waals surface area contributed by atoms with Crippen LogP contribution < -0.4 is 5.32 Å². The van der Waals surface area contributed by atoms with Crippen LogP contribution in [0.4, 0.5) is 0 Å². The molecular weight excluding hydrogens is 294 g/mol. The molecule has 1 nitrogen and oxygen atoms in total. The lowest BCUT2D eigenvalue weighted by Crippen LogP contribution is -2.36. The van der Waals surface area contributed by atoms with Crippen LogP contribution >= 0.6 is 27.3 Å². The molecule has 1 aromatic rings. The minimum absolute atomic E-state index is 0.259. The molecule has 98 valence electrons. The average Bonchev–Trinajstić information content (AvgIpc) is 2.49. The van der Waals surface area contributed by atoms with E-state index in [1.807, 2.05) is 11.3 Å². The lowest BCUT2D eigenvalue weighted by molar-refractivity contribution is 0.417. The molecule has 1 rings (SSSR count). The van der Waals surface area contributed by atoms with Gasteiger partial charge in [-0.3, -0.25) is 0 Å². The minimum atomic E-state index is 0.259. The van der Waals surface area contributed by atoms with E-state index in [2.05, 4.69) is 55.0 Å². The molecule has 1 heterocycles. The number of nitrogens with one attached hydrogen (secondary N) is 1. The Balaban J connectivity index is 2.11. The second-order valence-corrected chi connectivity index (χ2v) is 8.25. The van der Waals surface area contributed by atoms with Crippen molar-refractivity contribution in [3.05, 3.63) is 20.3 Å². The highest BCUT2D eigenvalue weighted by atomic mass is 79.9. The van der Waals surface area contributed by atoms with Gasteiger partial charge in [0.05, 0.1) is 3.79 Å². The molecule has 17 heavy (non-hydrogen) atoms. The van der Waals surface area contributed by atoms with Crippen LogP contribution in [-0.2, 0) is 6.42 Å². The van der Waals surface area contributed by atoms with E-state index in [0.29, 0.717) is 0 Å². The largest absolute Gasteiger partial charge is 0.312 e. The predicted octanol–water partition coefficient (Wildman–Crippen LogP) is 4.92. The van der Waals surface area contributed by atoms with Crippen molar-refractivity contribution in [3.8, 4) is 0 Å². The van der Waals surface area contributed by atoms with E-state index in [-0.39, 0.29) is 5.54 Å². The third-order valence-electron chi connectivity index (χ3n) is 2.77. The van der Waals surface area contributed by atoms with Crippen LogP contribution in [0.2, 0.25) is 0 Å². The molecule has 0 amide bonds. The zero-order valence-corrected chi connectivity index (χ0v) is 13.8. The highest BCUT2D eigenvalue weighted by Gasteiger charge is 2.07. The van der Waals surface area contributed by atoms with Gasteiger partial charge in [-0.2, -0.15) is 0 Å². The van der Waals surface area contributed by atoms with Crippen LogP contribution in [0.5, 0.6) is 0 Å². The summed E-state index contributed by atoms with van der Waals surface area (Å²) >= 11 is 5.39. The van der Waals surface area contributed by atoms with Gasteiger partial charge in [0, 0.05) is 10.4 Å². The molecule has 0 aliphatic rings. The van der Waals surface area contributed by atoms with Crippen LogP contribution in [0.15, 0.2) is 9.85 Å². The molecule has 0 spiro atoms. The van der Waals surface area contributed by atoms with E-state index < -0.39 is 0 Å². The minimum Gasteiger partial charge on any atom is -0.312 e. The maximum absolute atomic E-state index is 3.55. The standard InChI is InChI=1S/C14H24BrNS/c1-11-12(10-13(15)17-11)8-6-5-7-9-16-14(2,3)4/h10,16H,5-9H2,1-4H3. The van der Waals surface area contributed by atoms with Crippen molar-refractivity contribution >= 4 is 27.3 Å². The number of rotatable bonds is 6. The molecule has 0 radical (unpaired) electrons. The number of hydrogen-bond acceptors (Lipinski definition) is 2.